The molecule has 6 heteroatoms. The molecule has 0 fully saturated rings. The van der Waals surface area contributed by atoms with Gasteiger partial charge in [-0.1, -0.05) is 6.07 Å². The molecule has 0 aliphatic carbocycles. The summed E-state index contributed by atoms with van der Waals surface area (Å²) in [4.78, 5) is 25.1. The van der Waals surface area contributed by atoms with Crippen molar-refractivity contribution < 1.29 is 18.7 Å². The van der Waals surface area contributed by atoms with Crippen LogP contribution in [0, 0.1) is 20.8 Å². The standard InChI is InChI=1S/C27H26N2O4/c1-16-13-17(2)25-20(15-33-26(25)18(16)3)14-24(30)28-21-7-5-19(6-8-21)27(31)29-22-9-11-23(32-4)12-10-22/h5-13,15H,14H2,1-4H3,(H,28,30)(H,29,31). The molecule has 0 saturated carbocycles. The fourth-order valence-corrected chi connectivity index (χ4v) is 3.88. The molecule has 0 atom stereocenters. The average molecular weight is 443 g/mol. The summed E-state index contributed by atoms with van der Waals surface area (Å²) in [5.41, 5.74) is 6.83. The van der Waals surface area contributed by atoms with E-state index in [9.17, 15) is 9.59 Å². The van der Waals surface area contributed by atoms with Gasteiger partial charge in [-0.05, 0) is 86.0 Å². The number of hydrogen-bond acceptors (Lipinski definition) is 4. The molecule has 1 heterocycles. The van der Waals surface area contributed by atoms with E-state index in [1.54, 1.807) is 61.9 Å². The molecule has 0 aliphatic rings. The average Bonchev–Trinajstić information content (AvgIpc) is 3.22. The second kappa shape index (κ2) is 9.20. The van der Waals surface area contributed by atoms with Gasteiger partial charge in [0.1, 0.15) is 11.3 Å². The van der Waals surface area contributed by atoms with Crippen LogP contribution in [0.3, 0.4) is 0 Å². The highest BCUT2D eigenvalue weighted by Gasteiger charge is 2.16. The minimum atomic E-state index is -0.232. The van der Waals surface area contributed by atoms with Gasteiger partial charge in [0.05, 0.1) is 19.8 Å². The quantitative estimate of drug-likeness (QED) is 0.395. The fraction of sp³-hybridized carbons (Fsp3) is 0.185. The Bertz CT molecular complexity index is 1320. The normalized spacial score (nSPS) is 10.8. The van der Waals surface area contributed by atoms with Crippen molar-refractivity contribution in [1.29, 1.82) is 0 Å². The summed E-state index contributed by atoms with van der Waals surface area (Å²) in [5, 5.41) is 6.73. The van der Waals surface area contributed by atoms with Gasteiger partial charge in [0.2, 0.25) is 5.91 Å². The molecule has 0 unspecified atom stereocenters. The highest BCUT2D eigenvalue weighted by molar-refractivity contribution is 6.04. The summed E-state index contributed by atoms with van der Waals surface area (Å²) in [5.74, 6) is 0.340. The maximum atomic E-state index is 12.7. The van der Waals surface area contributed by atoms with Gasteiger partial charge in [-0.15, -0.1) is 0 Å². The van der Waals surface area contributed by atoms with E-state index in [-0.39, 0.29) is 18.2 Å². The van der Waals surface area contributed by atoms with Crippen molar-refractivity contribution >= 4 is 34.2 Å². The molecule has 33 heavy (non-hydrogen) atoms. The number of furan rings is 1. The van der Waals surface area contributed by atoms with Gasteiger partial charge in [-0.2, -0.15) is 0 Å². The Kier molecular flexibility index (Phi) is 6.18. The topological polar surface area (TPSA) is 80.6 Å². The smallest absolute Gasteiger partial charge is 0.255 e. The van der Waals surface area contributed by atoms with E-state index in [0.717, 1.165) is 33.4 Å². The van der Waals surface area contributed by atoms with Crippen molar-refractivity contribution in [3.05, 3.63) is 88.7 Å². The van der Waals surface area contributed by atoms with Crippen LogP contribution in [0.25, 0.3) is 11.0 Å². The second-order valence-electron chi connectivity index (χ2n) is 8.09. The van der Waals surface area contributed by atoms with E-state index in [2.05, 4.69) is 23.6 Å². The number of benzene rings is 3. The Hall–Kier alpha value is -4.06. The van der Waals surface area contributed by atoms with Crippen LogP contribution in [0.15, 0.2) is 65.3 Å². The van der Waals surface area contributed by atoms with Crippen LogP contribution < -0.4 is 15.4 Å². The van der Waals surface area contributed by atoms with E-state index >= 15 is 0 Å². The van der Waals surface area contributed by atoms with Crippen LogP contribution >= 0.6 is 0 Å². The monoisotopic (exact) mass is 442 g/mol. The fourth-order valence-electron chi connectivity index (χ4n) is 3.88. The summed E-state index contributed by atoms with van der Waals surface area (Å²) in [6.07, 6.45) is 1.87. The molecule has 1 aromatic heterocycles. The maximum Gasteiger partial charge on any atom is 0.255 e. The van der Waals surface area contributed by atoms with Crippen LogP contribution in [-0.4, -0.2) is 18.9 Å². The van der Waals surface area contributed by atoms with E-state index in [4.69, 9.17) is 9.15 Å². The lowest BCUT2D eigenvalue weighted by atomic mass is 9.99. The molecular weight excluding hydrogens is 416 g/mol. The second-order valence-corrected chi connectivity index (χ2v) is 8.09. The predicted molar refractivity (Wildman–Crippen MR) is 130 cm³/mol. The van der Waals surface area contributed by atoms with Crippen molar-refractivity contribution in [2.45, 2.75) is 27.2 Å². The van der Waals surface area contributed by atoms with Crippen LogP contribution in [0.4, 0.5) is 11.4 Å². The van der Waals surface area contributed by atoms with Gasteiger partial charge in [-0.3, -0.25) is 9.59 Å². The Labute approximate surface area is 192 Å². The lowest BCUT2D eigenvalue weighted by Crippen LogP contribution is -2.15. The molecule has 2 amide bonds. The maximum absolute atomic E-state index is 12.7. The van der Waals surface area contributed by atoms with Gasteiger partial charge in [-0.25, -0.2) is 0 Å². The third-order valence-electron chi connectivity index (χ3n) is 5.76. The summed E-state index contributed by atoms with van der Waals surface area (Å²) in [6.45, 7) is 6.11. The van der Waals surface area contributed by atoms with Crippen molar-refractivity contribution in [1.82, 2.24) is 0 Å². The first-order valence-electron chi connectivity index (χ1n) is 10.7. The molecule has 0 saturated heterocycles. The summed E-state index contributed by atoms with van der Waals surface area (Å²) >= 11 is 0. The zero-order valence-corrected chi connectivity index (χ0v) is 19.1. The third-order valence-corrected chi connectivity index (χ3v) is 5.76. The van der Waals surface area contributed by atoms with E-state index < -0.39 is 0 Å². The number of fused-ring (bicyclic) bond motifs is 1. The zero-order valence-electron chi connectivity index (χ0n) is 19.1. The minimum Gasteiger partial charge on any atom is -0.497 e. The zero-order chi connectivity index (χ0) is 23.5. The Morgan fingerprint density at radius 2 is 1.52 bits per heavy atom. The predicted octanol–water partition coefficient (Wildman–Crippen LogP) is 5.80. The molecule has 168 valence electrons. The molecule has 3 aromatic carbocycles. The number of aryl methyl sites for hydroxylation is 3. The molecule has 4 aromatic rings. The largest absolute Gasteiger partial charge is 0.497 e. The highest BCUT2D eigenvalue weighted by Crippen LogP contribution is 2.30. The number of nitrogens with one attached hydrogen (secondary N) is 2. The third kappa shape index (κ3) is 4.75. The lowest BCUT2D eigenvalue weighted by molar-refractivity contribution is -0.115. The summed E-state index contributed by atoms with van der Waals surface area (Å²) in [6, 6.07) is 16.0. The highest BCUT2D eigenvalue weighted by atomic mass is 16.5. The van der Waals surface area contributed by atoms with Gasteiger partial charge in [0, 0.05) is 27.9 Å². The molecule has 6 nitrogen and oxygen atoms in total. The van der Waals surface area contributed by atoms with Crippen LogP contribution in [-0.2, 0) is 11.2 Å². The Morgan fingerprint density at radius 3 is 2.18 bits per heavy atom. The first-order valence-corrected chi connectivity index (χ1v) is 10.7. The molecule has 4 rings (SSSR count). The first-order chi connectivity index (χ1) is 15.9. The number of anilines is 2. The van der Waals surface area contributed by atoms with Crippen molar-refractivity contribution in [2.75, 3.05) is 17.7 Å². The number of hydrogen-bond donors (Lipinski definition) is 2. The number of carbonyl (C=O) groups excluding carboxylic acids is 2. The van der Waals surface area contributed by atoms with Crippen LogP contribution in [0.5, 0.6) is 5.75 Å². The number of amides is 2. The number of carbonyl (C=O) groups is 2. The van der Waals surface area contributed by atoms with Gasteiger partial charge < -0.3 is 19.8 Å². The summed E-state index contributed by atoms with van der Waals surface area (Å²) < 4.78 is 10.9. The van der Waals surface area contributed by atoms with Crippen molar-refractivity contribution in [2.24, 2.45) is 0 Å². The SMILES string of the molecule is COc1ccc(NC(=O)c2ccc(NC(=O)Cc3coc4c(C)c(C)cc(C)c34)cc2)cc1. The van der Waals surface area contributed by atoms with Crippen molar-refractivity contribution in [3.8, 4) is 5.75 Å². The van der Waals surface area contributed by atoms with Crippen LogP contribution in [0.1, 0.15) is 32.6 Å². The molecule has 0 bridgehead atoms. The molecule has 2 N–H and O–H groups in total. The van der Waals surface area contributed by atoms with Gasteiger partial charge in [0.25, 0.3) is 5.91 Å². The molecule has 0 spiro atoms. The number of rotatable bonds is 6. The molecular formula is C27H26N2O4. The van der Waals surface area contributed by atoms with E-state index in [0.29, 0.717) is 16.9 Å². The summed E-state index contributed by atoms with van der Waals surface area (Å²) in [7, 11) is 1.59. The molecule has 0 radical (unpaired) electrons. The van der Waals surface area contributed by atoms with Crippen molar-refractivity contribution in [3.63, 3.8) is 0 Å². The lowest BCUT2D eigenvalue weighted by Gasteiger charge is -2.09. The Balaban J connectivity index is 1.40. The van der Waals surface area contributed by atoms with E-state index in [1.807, 2.05) is 13.8 Å². The molecule has 0 aliphatic heterocycles. The Morgan fingerprint density at radius 1 is 0.879 bits per heavy atom. The van der Waals surface area contributed by atoms with Crippen LogP contribution in [0.2, 0.25) is 0 Å². The number of ether oxygens (including phenoxy) is 1. The minimum absolute atomic E-state index is 0.147. The number of methoxy groups -OCH3 is 1. The van der Waals surface area contributed by atoms with E-state index in [1.165, 1.54) is 5.56 Å². The van der Waals surface area contributed by atoms with Gasteiger partial charge >= 0.3 is 0 Å². The first kappa shape index (κ1) is 22.1. The van der Waals surface area contributed by atoms with Gasteiger partial charge in [0.15, 0.2) is 0 Å².